The van der Waals surface area contributed by atoms with Gasteiger partial charge in [0.1, 0.15) is 6.29 Å². The maximum Gasteiger partial charge on any atom is 0.123 e. The number of aldehydes is 1. The van der Waals surface area contributed by atoms with Crippen molar-refractivity contribution in [1.82, 2.24) is 0 Å². The third-order valence-electron chi connectivity index (χ3n) is 3.39. The summed E-state index contributed by atoms with van der Waals surface area (Å²) in [6.45, 7) is 8.94. The first-order valence-electron chi connectivity index (χ1n) is 4.83. The number of hydrogen-bond acceptors (Lipinski definition) is 1. The van der Waals surface area contributed by atoms with Gasteiger partial charge in [0, 0.05) is 5.92 Å². The Morgan fingerprint density at radius 2 is 1.75 bits per heavy atom. The summed E-state index contributed by atoms with van der Waals surface area (Å²) < 4.78 is 0. The average Bonchev–Trinajstić information content (AvgIpc) is 1.95. The fraction of sp³-hybridized carbons (Fsp3) is 0.909. The first-order chi connectivity index (χ1) is 5.37. The van der Waals surface area contributed by atoms with Gasteiger partial charge in [-0.15, -0.1) is 0 Å². The van der Waals surface area contributed by atoms with E-state index in [0.29, 0.717) is 5.41 Å². The molecule has 0 amide bonds. The zero-order valence-corrected chi connectivity index (χ0v) is 8.68. The molecule has 0 aromatic rings. The van der Waals surface area contributed by atoms with Gasteiger partial charge in [-0.25, -0.2) is 0 Å². The number of carbonyl (C=O) groups excluding carboxylic acids is 1. The molecule has 0 saturated heterocycles. The minimum Gasteiger partial charge on any atom is -0.303 e. The van der Waals surface area contributed by atoms with Crippen LogP contribution in [0.1, 0.15) is 47.0 Å². The van der Waals surface area contributed by atoms with Crippen LogP contribution in [0.25, 0.3) is 0 Å². The Morgan fingerprint density at radius 1 is 1.17 bits per heavy atom. The molecule has 1 nitrogen and oxygen atoms in total. The summed E-state index contributed by atoms with van der Waals surface area (Å²) in [5.41, 5.74) is 0.609. The van der Waals surface area contributed by atoms with Crippen molar-refractivity contribution in [2.24, 2.45) is 16.7 Å². The summed E-state index contributed by atoms with van der Waals surface area (Å²) in [4.78, 5) is 10.9. The van der Waals surface area contributed by atoms with Gasteiger partial charge in [0.15, 0.2) is 0 Å². The Balaban J connectivity index is 2.73. The Kier molecular flexibility index (Phi) is 2.33. The van der Waals surface area contributed by atoms with Crippen LogP contribution >= 0.6 is 0 Å². The second-order valence-electron chi connectivity index (χ2n) is 5.60. The Morgan fingerprint density at radius 3 is 2.17 bits per heavy atom. The topological polar surface area (TPSA) is 17.1 Å². The maximum absolute atomic E-state index is 10.9. The van der Waals surface area contributed by atoms with Crippen molar-refractivity contribution in [1.29, 1.82) is 0 Å². The van der Waals surface area contributed by atoms with E-state index in [0.717, 1.165) is 12.7 Å². The van der Waals surface area contributed by atoms with E-state index in [2.05, 4.69) is 27.7 Å². The smallest absolute Gasteiger partial charge is 0.123 e. The van der Waals surface area contributed by atoms with Crippen LogP contribution in [-0.4, -0.2) is 6.29 Å². The van der Waals surface area contributed by atoms with E-state index in [1.165, 1.54) is 12.8 Å². The zero-order valence-electron chi connectivity index (χ0n) is 8.68. The number of rotatable bonds is 1. The largest absolute Gasteiger partial charge is 0.303 e. The lowest BCUT2D eigenvalue weighted by atomic mass is 9.61. The van der Waals surface area contributed by atoms with E-state index in [4.69, 9.17) is 0 Å². The highest BCUT2D eigenvalue weighted by Gasteiger charge is 2.39. The summed E-state index contributed by atoms with van der Waals surface area (Å²) in [6.07, 6.45) is 4.65. The van der Waals surface area contributed by atoms with Gasteiger partial charge in [-0.2, -0.15) is 0 Å². The SMILES string of the molecule is CC1(C)CCC(C)(C)[C@@H](C=O)C1. The third-order valence-corrected chi connectivity index (χ3v) is 3.39. The highest BCUT2D eigenvalue weighted by atomic mass is 16.1. The van der Waals surface area contributed by atoms with Crippen LogP contribution in [0.15, 0.2) is 0 Å². The molecule has 0 unspecified atom stereocenters. The van der Waals surface area contributed by atoms with Crippen LogP contribution in [0.5, 0.6) is 0 Å². The van der Waals surface area contributed by atoms with Crippen LogP contribution in [0.2, 0.25) is 0 Å². The van der Waals surface area contributed by atoms with Crippen molar-refractivity contribution >= 4 is 6.29 Å². The van der Waals surface area contributed by atoms with Crippen molar-refractivity contribution < 1.29 is 4.79 Å². The minimum absolute atomic E-state index is 0.233. The second kappa shape index (κ2) is 2.86. The molecule has 1 saturated carbocycles. The Hall–Kier alpha value is -0.330. The van der Waals surface area contributed by atoms with Crippen LogP contribution in [0.4, 0.5) is 0 Å². The van der Waals surface area contributed by atoms with Crippen molar-refractivity contribution in [3.05, 3.63) is 0 Å². The van der Waals surface area contributed by atoms with Gasteiger partial charge in [0.2, 0.25) is 0 Å². The zero-order chi connectivity index (χ0) is 9.41. The molecule has 1 rings (SSSR count). The summed E-state index contributed by atoms with van der Waals surface area (Å²) in [6, 6.07) is 0. The van der Waals surface area contributed by atoms with E-state index < -0.39 is 0 Å². The number of carbonyl (C=O) groups is 1. The first kappa shape index (κ1) is 9.76. The van der Waals surface area contributed by atoms with Gasteiger partial charge >= 0.3 is 0 Å². The van der Waals surface area contributed by atoms with E-state index in [1.54, 1.807) is 0 Å². The summed E-state index contributed by atoms with van der Waals surface area (Å²) >= 11 is 0. The van der Waals surface area contributed by atoms with Gasteiger partial charge < -0.3 is 4.79 Å². The van der Waals surface area contributed by atoms with Crippen LogP contribution in [0.3, 0.4) is 0 Å². The minimum atomic E-state index is 0.233. The van der Waals surface area contributed by atoms with Crippen molar-refractivity contribution in [3.8, 4) is 0 Å². The molecule has 0 spiro atoms. The van der Waals surface area contributed by atoms with Crippen LogP contribution < -0.4 is 0 Å². The second-order valence-corrected chi connectivity index (χ2v) is 5.60. The predicted octanol–water partition coefficient (Wildman–Crippen LogP) is 3.04. The van der Waals surface area contributed by atoms with Gasteiger partial charge in [-0.1, -0.05) is 27.7 Å². The Labute approximate surface area is 75.5 Å². The monoisotopic (exact) mass is 168 g/mol. The van der Waals surface area contributed by atoms with Gasteiger partial charge in [0.05, 0.1) is 0 Å². The van der Waals surface area contributed by atoms with E-state index in [-0.39, 0.29) is 11.3 Å². The standard InChI is InChI=1S/C11H20O/c1-10(2)5-6-11(3,4)9(7-10)8-12/h8-9H,5-7H2,1-4H3/t9-/m1/s1. The fourth-order valence-electron chi connectivity index (χ4n) is 2.05. The molecule has 0 aromatic heterocycles. The third kappa shape index (κ3) is 1.88. The summed E-state index contributed by atoms with van der Waals surface area (Å²) in [5, 5.41) is 0. The van der Waals surface area contributed by atoms with Gasteiger partial charge in [-0.05, 0) is 30.1 Å². The molecule has 1 aliphatic rings. The molecule has 0 bridgehead atoms. The van der Waals surface area contributed by atoms with Crippen molar-refractivity contribution in [3.63, 3.8) is 0 Å². The molecule has 1 heteroatoms. The normalized spacial score (nSPS) is 32.8. The average molecular weight is 168 g/mol. The molecule has 1 atom stereocenters. The molecule has 0 heterocycles. The molecule has 0 N–H and O–H groups in total. The molecule has 0 aliphatic heterocycles. The fourth-order valence-corrected chi connectivity index (χ4v) is 2.05. The molecular weight excluding hydrogens is 148 g/mol. The molecule has 12 heavy (non-hydrogen) atoms. The highest BCUT2D eigenvalue weighted by molar-refractivity contribution is 5.55. The predicted molar refractivity (Wildman–Crippen MR) is 51.0 cm³/mol. The van der Waals surface area contributed by atoms with E-state index in [1.807, 2.05) is 0 Å². The molecule has 0 aromatic carbocycles. The highest BCUT2D eigenvalue weighted by Crippen LogP contribution is 2.47. The molecule has 0 radical (unpaired) electrons. The molecule has 1 aliphatic carbocycles. The quantitative estimate of drug-likeness (QED) is 0.550. The summed E-state index contributed by atoms with van der Waals surface area (Å²) in [7, 11) is 0. The van der Waals surface area contributed by atoms with Crippen molar-refractivity contribution in [2.45, 2.75) is 47.0 Å². The lowest BCUT2D eigenvalue weighted by molar-refractivity contribution is -0.117. The van der Waals surface area contributed by atoms with Crippen molar-refractivity contribution in [2.75, 3.05) is 0 Å². The maximum atomic E-state index is 10.9. The van der Waals surface area contributed by atoms with Crippen LogP contribution in [-0.2, 0) is 4.79 Å². The van der Waals surface area contributed by atoms with Gasteiger partial charge in [-0.3, -0.25) is 0 Å². The van der Waals surface area contributed by atoms with E-state index in [9.17, 15) is 4.79 Å². The molecule has 70 valence electrons. The summed E-state index contributed by atoms with van der Waals surface area (Å²) in [5.74, 6) is 0.265. The van der Waals surface area contributed by atoms with Gasteiger partial charge in [0.25, 0.3) is 0 Å². The lowest BCUT2D eigenvalue weighted by Crippen LogP contribution is -2.36. The van der Waals surface area contributed by atoms with Crippen LogP contribution in [0, 0.1) is 16.7 Å². The number of hydrogen-bond donors (Lipinski definition) is 0. The molecular formula is C11H20O. The Bertz CT molecular complexity index is 179. The first-order valence-corrected chi connectivity index (χ1v) is 4.83. The molecule has 1 fully saturated rings. The van der Waals surface area contributed by atoms with E-state index >= 15 is 0 Å². The lowest BCUT2D eigenvalue weighted by Gasteiger charge is -2.43.